The van der Waals surface area contributed by atoms with E-state index in [2.05, 4.69) is 24.4 Å². The number of hydrogen-bond acceptors (Lipinski definition) is 2. The average molecular weight is 242 g/mol. The van der Waals surface area contributed by atoms with Gasteiger partial charge in [0.05, 0.1) is 5.60 Å². The minimum atomic E-state index is -0.616. The summed E-state index contributed by atoms with van der Waals surface area (Å²) in [6.07, 6.45) is 2.73. The Kier molecular flexibility index (Phi) is 4.78. The lowest BCUT2D eigenvalue weighted by Gasteiger charge is -2.28. The molecule has 1 heterocycles. The third-order valence-electron chi connectivity index (χ3n) is 3.31. The molecular weight excluding hydrogens is 222 g/mol. The number of hydrogen-bond donors (Lipinski definition) is 2. The van der Waals surface area contributed by atoms with Crippen molar-refractivity contribution in [2.75, 3.05) is 13.1 Å². The molecule has 1 saturated heterocycles. The van der Waals surface area contributed by atoms with Crippen molar-refractivity contribution in [3.8, 4) is 0 Å². The van der Waals surface area contributed by atoms with Crippen molar-refractivity contribution in [2.45, 2.75) is 31.8 Å². The SMILES string of the molecule is Cc1ccccc1C1(O)CCCNCC1.Cl. The Balaban J connectivity index is 0.00000128. The molecule has 0 amide bonds. The van der Waals surface area contributed by atoms with Gasteiger partial charge in [-0.3, -0.25) is 0 Å². The van der Waals surface area contributed by atoms with E-state index in [1.807, 2.05) is 12.1 Å². The van der Waals surface area contributed by atoms with Crippen LogP contribution in [0, 0.1) is 6.92 Å². The Bertz CT molecular complexity index is 332. The van der Waals surface area contributed by atoms with Crippen molar-refractivity contribution in [2.24, 2.45) is 0 Å². The average Bonchev–Trinajstić information content (AvgIpc) is 2.44. The summed E-state index contributed by atoms with van der Waals surface area (Å²) in [7, 11) is 0. The molecule has 1 fully saturated rings. The summed E-state index contributed by atoms with van der Waals surface area (Å²) in [6.45, 7) is 4.00. The van der Waals surface area contributed by atoms with Crippen LogP contribution in [0.1, 0.15) is 30.4 Å². The van der Waals surface area contributed by atoms with Crippen molar-refractivity contribution in [3.63, 3.8) is 0 Å². The highest BCUT2D eigenvalue weighted by atomic mass is 35.5. The van der Waals surface area contributed by atoms with Crippen LogP contribution >= 0.6 is 12.4 Å². The van der Waals surface area contributed by atoms with Crippen LogP contribution in [0.15, 0.2) is 24.3 Å². The lowest BCUT2D eigenvalue weighted by Crippen LogP contribution is -2.28. The molecule has 1 aliphatic rings. The molecule has 16 heavy (non-hydrogen) atoms. The van der Waals surface area contributed by atoms with Crippen LogP contribution in [0.3, 0.4) is 0 Å². The first-order valence-electron chi connectivity index (χ1n) is 5.72. The second-order valence-electron chi connectivity index (χ2n) is 4.45. The van der Waals surface area contributed by atoms with E-state index in [0.29, 0.717) is 0 Å². The maximum atomic E-state index is 10.7. The number of rotatable bonds is 1. The van der Waals surface area contributed by atoms with Crippen LogP contribution in [0.5, 0.6) is 0 Å². The maximum Gasteiger partial charge on any atom is 0.0911 e. The summed E-state index contributed by atoms with van der Waals surface area (Å²) in [6, 6.07) is 8.17. The van der Waals surface area contributed by atoms with E-state index in [4.69, 9.17) is 0 Å². The number of aryl methyl sites for hydroxylation is 1. The van der Waals surface area contributed by atoms with Gasteiger partial charge in [0.15, 0.2) is 0 Å². The van der Waals surface area contributed by atoms with Gasteiger partial charge in [-0.05, 0) is 50.4 Å². The predicted octanol–water partition coefficient (Wildman–Crippen LogP) is 2.38. The second kappa shape index (κ2) is 5.67. The first-order valence-corrected chi connectivity index (χ1v) is 5.72. The molecule has 1 unspecified atom stereocenters. The Morgan fingerprint density at radius 1 is 1.19 bits per heavy atom. The molecule has 1 atom stereocenters. The Morgan fingerprint density at radius 2 is 1.94 bits per heavy atom. The fourth-order valence-corrected chi connectivity index (χ4v) is 2.42. The van der Waals surface area contributed by atoms with E-state index >= 15 is 0 Å². The maximum absolute atomic E-state index is 10.7. The fraction of sp³-hybridized carbons (Fsp3) is 0.538. The molecule has 90 valence electrons. The summed E-state index contributed by atoms with van der Waals surface area (Å²) in [5, 5.41) is 14.0. The number of nitrogens with one attached hydrogen (secondary N) is 1. The van der Waals surface area contributed by atoms with E-state index < -0.39 is 5.60 Å². The van der Waals surface area contributed by atoms with Crippen LogP contribution in [0.4, 0.5) is 0 Å². The lowest BCUT2D eigenvalue weighted by atomic mass is 9.84. The summed E-state index contributed by atoms with van der Waals surface area (Å²) in [4.78, 5) is 0. The third kappa shape index (κ3) is 2.76. The summed E-state index contributed by atoms with van der Waals surface area (Å²) in [5.74, 6) is 0. The lowest BCUT2D eigenvalue weighted by molar-refractivity contribution is 0.0234. The van der Waals surface area contributed by atoms with Gasteiger partial charge in [-0.1, -0.05) is 24.3 Å². The number of benzene rings is 1. The summed E-state index contributed by atoms with van der Waals surface area (Å²) in [5.41, 5.74) is 1.69. The van der Waals surface area contributed by atoms with Crippen LogP contribution in [-0.2, 0) is 5.60 Å². The molecule has 1 aromatic rings. The molecule has 0 spiro atoms. The van der Waals surface area contributed by atoms with Gasteiger partial charge in [0, 0.05) is 0 Å². The first kappa shape index (κ1) is 13.5. The van der Waals surface area contributed by atoms with Gasteiger partial charge in [-0.2, -0.15) is 0 Å². The highest BCUT2D eigenvalue weighted by Gasteiger charge is 2.30. The van der Waals surface area contributed by atoms with E-state index in [1.165, 1.54) is 5.56 Å². The van der Waals surface area contributed by atoms with Crippen molar-refractivity contribution < 1.29 is 5.11 Å². The van der Waals surface area contributed by atoms with E-state index in [9.17, 15) is 5.11 Å². The van der Waals surface area contributed by atoms with Gasteiger partial charge in [0.2, 0.25) is 0 Å². The smallest absolute Gasteiger partial charge is 0.0911 e. The van der Waals surface area contributed by atoms with E-state index in [1.54, 1.807) is 0 Å². The minimum absolute atomic E-state index is 0. The molecule has 0 saturated carbocycles. The quantitative estimate of drug-likeness (QED) is 0.791. The second-order valence-corrected chi connectivity index (χ2v) is 4.45. The topological polar surface area (TPSA) is 32.3 Å². The zero-order valence-corrected chi connectivity index (χ0v) is 10.5. The first-order chi connectivity index (χ1) is 7.22. The van der Waals surface area contributed by atoms with Crippen LogP contribution in [0.25, 0.3) is 0 Å². The molecule has 0 radical (unpaired) electrons. The molecule has 1 aliphatic heterocycles. The molecule has 1 aromatic carbocycles. The summed E-state index contributed by atoms with van der Waals surface area (Å²) >= 11 is 0. The Labute approximate surface area is 103 Å². The van der Waals surface area contributed by atoms with Crippen LogP contribution in [-0.4, -0.2) is 18.2 Å². The summed E-state index contributed by atoms with van der Waals surface area (Å²) < 4.78 is 0. The third-order valence-corrected chi connectivity index (χ3v) is 3.31. The zero-order valence-electron chi connectivity index (χ0n) is 9.70. The molecule has 0 aromatic heterocycles. The molecule has 2 nitrogen and oxygen atoms in total. The van der Waals surface area contributed by atoms with Gasteiger partial charge >= 0.3 is 0 Å². The van der Waals surface area contributed by atoms with E-state index in [-0.39, 0.29) is 12.4 Å². The Morgan fingerprint density at radius 3 is 2.69 bits per heavy atom. The largest absolute Gasteiger partial charge is 0.385 e. The van der Waals surface area contributed by atoms with Crippen LogP contribution < -0.4 is 5.32 Å². The predicted molar refractivity (Wildman–Crippen MR) is 69.0 cm³/mol. The van der Waals surface area contributed by atoms with Gasteiger partial charge < -0.3 is 10.4 Å². The van der Waals surface area contributed by atoms with Gasteiger partial charge in [0.25, 0.3) is 0 Å². The fourth-order valence-electron chi connectivity index (χ4n) is 2.42. The van der Waals surface area contributed by atoms with Crippen molar-refractivity contribution >= 4 is 12.4 Å². The molecule has 3 heteroatoms. The van der Waals surface area contributed by atoms with Gasteiger partial charge in [0.1, 0.15) is 0 Å². The molecule has 2 N–H and O–H groups in total. The zero-order chi connectivity index (χ0) is 10.7. The number of halogens is 1. The minimum Gasteiger partial charge on any atom is -0.385 e. The van der Waals surface area contributed by atoms with E-state index in [0.717, 1.165) is 37.9 Å². The van der Waals surface area contributed by atoms with Gasteiger partial charge in [-0.15, -0.1) is 12.4 Å². The van der Waals surface area contributed by atoms with Crippen molar-refractivity contribution in [1.82, 2.24) is 5.32 Å². The highest BCUT2D eigenvalue weighted by Crippen LogP contribution is 2.32. The Hall–Kier alpha value is -0.570. The van der Waals surface area contributed by atoms with Crippen LogP contribution in [0.2, 0.25) is 0 Å². The normalized spacial score (nSPS) is 25.6. The highest BCUT2D eigenvalue weighted by molar-refractivity contribution is 5.85. The standard InChI is InChI=1S/C13H19NO.ClH/c1-11-5-2-3-6-12(11)13(15)7-4-9-14-10-8-13;/h2-3,5-6,14-15H,4,7-10H2,1H3;1H. The van der Waals surface area contributed by atoms with Crippen molar-refractivity contribution in [3.05, 3.63) is 35.4 Å². The molecule has 0 bridgehead atoms. The van der Waals surface area contributed by atoms with Gasteiger partial charge in [-0.25, -0.2) is 0 Å². The number of aliphatic hydroxyl groups is 1. The molecule has 2 rings (SSSR count). The monoisotopic (exact) mass is 241 g/mol. The molecule has 0 aliphatic carbocycles. The molecular formula is C13H20ClNO. The van der Waals surface area contributed by atoms with Crippen molar-refractivity contribution in [1.29, 1.82) is 0 Å².